The second-order valence-corrected chi connectivity index (χ2v) is 5.54. The van der Waals surface area contributed by atoms with E-state index in [0.29, 0.717) is 12.1 Å². The number of carbonyl (C=O) groups is 1. The first kappa shape index (κ1) is 15.9. The van der Waals surface area contributed by atoms with Crippen LogP contribution in [0.25, 0.3) is 0 Å². The molecule has 1 N–H and O–H groups in total. The van der Waals surface area contributed by atoms with Gasteiger partial charge in [-0.25, -0.2) is 14.1 Å². The van der Waals surface area contributed by atoms with Crippen molar-refractivity contribution in [2.75, 3.05) is 0 Å². The van der Waals surface area contributed by atoms with E-state index in [1.165, 1.54) is 18.5 Å². The van der Waals surface area contributed by atoms with E-state index in [1.54, 1.807) is 35.3 Å². The lowest BCUT2D eigenvalue weighted by Crippen LogP contribution is -2.26. The molecule has 0 spiro atoms. The minimum absolute atomic E-state index is 0.167. The number of amides is 1. The third kappa shape index (κ3) is 3.84. The number of rotatable bonds is 5. The highest BCUT2D eigenvalue weighted by molar-refractivity contribution is 5.94. The molecule has 0 aliphatic carbocycles. The van der Waals surface area contributed by atoms with Gasteiger partial charge >= 0.3 is 0 Å². The predicted molar refractivity (Wildman–Crippen MR) is 87.8 cm³/mol. The summed E-state index contributed by atoms with van der Waals surface area (Å²) in [4.78, 5) is 16.2. The lowest BCUT2D eigenvalue weighted by Gasteiger charge is -2.14. The third-order valence-electron chi connectivity index (χ3n) is 3.74. The van der Waals surface area contributed by atoms with Crippen LogP contribution in [0.2, 0.25) is 0 Å². The summed E-state index contributed by atoms with van der Waals surface area (Å²) in [5.41, 5.74) is 2.46. The third-order valence-corrected chi connectivity index (χ3v) is 3.74. The van der Waals surface area contributed by atoms with E-state index in [4.69, 9.17) is 0 Å². The first-order valence-corrected chi connectivity index (χ1v) is 7.59. The number of benzene rings is 2. The molecular weight excluding hydrogens is 307 g/mol. The van der Waals surface area contributed by atoms with Gasteiger partial charge in [0.15, 0.2) is 0 Å². The van der Waals surface area contributed by atoms with Gasteiger partial charge in [-0.05, 0) is 42.3 Å². The fourth-order valence-electron chi connectivity index (χ4n) is 2.38. The molecule has 1 aromatic heterocycles. The van der Waals surface area contributed by atoms with Crippen LogP contribution in [0, 0.1) is 5.82 Å². The molecule has 1 unspecified atom stereocenters. The summed E-state index contributed by atoms with van der Waals surface area (Å²) in [6, 6.07) is 13.2. The summed E-state index contributed by atoms with van der Waals surface area (Å²) in [5, 5.41) is 6.96. The number of nitrogens with zero attached hydrogens (tertiary/aromatic N) is 3. The molecule has 6 heteroatoms. The Morgan fingerprint density at radius 1 is 1.17 bits per heavy atom. The molecule has 1 amide bonds. The summed E-state index contributed by atoms with van der Waals surface area (Å²) in [7, 11) is 0. The van der Waals surface area contributed by atoms with Crippen molar-refractivity contribution in [3.63, 3.8) is 0 Å². The Kier molecular flexibility index (Phi) is 4.65. The summed E-state index contributed by atoms with van der Waals surface area (Å²) >= 11 is 0. The number of hydrogen-bond acceptors (Lipinski definition) is 3. The highest BCUT2D eigenvalue weighted by Gasteiger charge is 2.11. The van der Waals surface area contributed by atoms with Crippen molar-refractivity contribution in [1.82, 2.24) is 20.1 Å². The maximum absolute atomic E-state index is 13.0. The molecule has 0 aliphatic rings. The normalized spacial score (nSPS) is 11.9. The fraction of sp³-hybridized carbons (Fsp3) is 0.167. The van der Waals surface area contributed by atoms with E-state index >= 15 is 0 Å². The molecule has 3 rings (SSSR count). The summed E-state index contributed by atoms with van der Waals surface area (Å²) in [5.74, 6) is -0.459. The lowest BCUT2D eigenvalue weighted by molar-refractivity contribution is 0.0940. The van der Waals surface area contributed by atoms with E-state index in [0.717, 1.165) is 11.1 Å². The molecule has 122 valence electrons. The minimum Gasteiger partial charge on any atom is -0.346 e. The first-order valence-electron chi connectivity index (χ1n) is 7.59. The van der Waals surface area contributed by atoms with E-state index in [2.05, 4.69) is 15.4 Å². The Labute approximate surface area is 139 Å². The monoisotopic (exact) mass is 324 g/mol. The van der Waals surface area contributed by atoms with Crippen LogP contribution in [0.4, 0.5) is 4.39 Å². The zero-order chi connectivity index (χ0) is 16.9. The minimum atomic E-state index is -0.291. The summed E-state index contributed by atoms with van der Waals surface area (Å²) in [6.45, 7) is 2.47. The van der Waals surface area contributed by atoms with Crippen molar-refractivity contribution >= 4 is 5.91 Å². The van der Waals surface area contributed by atoms with Gasteiger partial charge in [0.25, 0.3) is 5.91 Å². The van der Waals surface area contributed by atoms with Crippen molar-refractivity contribution in [1.29, 1.82) is 0 Å². The predicted octanol–water partition coefficient (Wildman–Crippen LogP) is 2.96. The van der Waals surface area contributed by atoms with Gasteiger partial charge in [0.05, 0.1) is 12.6 Å². The Morgan fingerprint density at radius 2 is 1.88 bits per heavy atom. The number of hydrogen-bond donors (Lipinski definition) is 1. The molecule has 1 atom stereocenters. The molecule has 24 heavy (non-hydrogen) atoms. The SMILES string of the molecule is CC(NC(=O)c1ccc(Cn2cncn2)cc1)c1ccc(F)cc1. The molecule has 2 aromatic carbocycles. The topological polar surface area (TPSA) is 59.8 Å². The lowest BCUT2D eigenvalue weighted by atomic mass is 10.1. The summed E-state index contributed by atoms with van der Waals surface area (Å²) in [6.07, 6.45) is 3.13. The molecule has 0 saturated heterocycles. The maximum Gasteiger partial charge on any atom is 0.251 e. The number of nitrogens with one attached hydrogen (secondary N) is 1. The molecule has 1 heterocycles. The number of carbonyl (C=O) groups excluding carboxylic acids is 1. The molecule has 5 nitrogen and oxygen atoms in total. The average molecular weight is 324 g/mol. The van der Waals surface area contributed by atoms with Gasteiger partial charge in [-0.1, -0.05) is 24.3 Å². The van der Waals surface area contributed by atoms with Crippen LogP contribution >= 0.6 is 0 Å². The van der Waals surface area contributed by atoms with Crippen LogP contribution in [0.5, 0.6) is 0 Å². The van der Waals surface area contributed by atoms with E-state index in [1.807, 2.05) is 19.1 Å². The molecular formula is C18H17FN4O. The molecule has 0 bridgehead atoms. The molecule has 0 aliphatic heterocycles. The van der Waals surface area contributed by atoms with E-state index in [-0.39, 0.29) is 17.8 Å². The Bertz CT molecular complexity index is 798. The largest absolute Gasteiger partial charge is 0.346 e. The quantitative estimate of drug-likeness (QED) is 0.785. The second kappa shape index (κ2) is 7.04. The maximum atomic E-state index is 13.0. The van der Waals surface area contributed by atoms with Crippen LogP contribution < -0.4 is 5.32 Å². The van der Waals surface area contributed by atoms with E-state index in [9.17, 15) is 9.18 Å². The first-order chi connectivity index (χ1) is 11.6. The molecule has 0 fully saturated rings. The van der Waals surface area contributed by atoms with Gasteiger partial charge in [0, 0.05) is 5.56 Å². The van der Waals surface area contributed by atoms with Gasteiger partial charge in [0.2, 0.25) is 0 Å². The van der Waals surface area contributed by atoms with Gasteiger partial charge in [-0.3, -0.25) is 4.79 Å². The van der Waals surface area contributed by atoms with Crippen molar-refractivity contribution in [3.05, 3.63) is 83.7 Å². The zero-order valence-corrected chi connectivity index (χ0v) is 13.2. The van der Waals surface area contributed by atoms with E-state index < -0.39 is 0 Å². The summed E-state index contributed by atoms with van der Waals surface area (Å²) < 4.78 is 14.7. The van der Waals surface area contributed by atoms with Crippen LogP contribution in [-0.4, -0.2) is 20.7 Å². The highest BCUT2D eigenvalue weighted by atomic mass is 19.1. The molecule has 0 radical (unpaired) electrons. The van der Waals surface area contributed by atoms with Crippen LogP contribution in [0.15, 0.2) is 61.2 Å². The van der Waals surface area contributed by atoms with Crippen LogP contribution in [0.1, 0.15) is 34.5 Å². The molecule has 3 aromatic rings. The van der Waals surface area contributed by atoms with Crippen molar-refractivity contribution < 1.29 is 9.18 Å². The smallest absolute Gasteiger partial charge is 0.251 e. The zero-order valence-electron chi connectivity index (χ0n) is 13.2. The second-order valence-electron chi connectivity index (χ2n) is 5.54. The average Bonchev–Trinajstić information content (AvgIpc) is 3.09. The highest BCUT2D eigenvalue weighted by Crippen LogP contribution is 2.14. The van der Waals surface area contributed by atoms with Gasteiger partial charge < -0.3 is 5.32 Å². The molecule has 0 saturated carbocycles. The number of aromatic nitrogens is 3. The van der Waals surface area contributed by atoms with Gasteiger partial charge in [-0.2, -0.15) is 5.10 Å². The Balaban J connectivity index is 1.63. The van der Waals surface area contributed by atoms with Crippen LogP contribution in [-0.2, 0) is 6.54 Å². The van der Waals surface area contributed by atoms with Gasteiger partial charge in [0.1, 0.15) is 18.5 Å². The van der Waals surface area contributed by atoms with Crippen molar-refractivity contribution in [2.24, 2.45) is 0 Å². The standard InChI is InChI=1S/C18H17FN4O/c1-13(15-6-8-17(19)9-7-15)22-18(24)16-4-2-14(3-5-16)10-23-12-20-11-21-23/h2-9,11-13H,10H2,1H3,(H,22,24). The van der Waals surface area contributed by atoms with Crippen molar-refractivity contribution in [3.8, 4) is 0 Å². The Morgan fingerprint density at radius 3 is 2.50 bits per heavy atom. The van der Waals surface area contributed by atoms with Crippen molar-refractivity contribution in [2.45, 2.75) is 19.5 Å². The van der Waals surface area contributed by atoms with Gasteiger partial charge in [-0.15, -0.1) is 0 Å². The number of halogens is 1. The van der Waals surface area contributed by atoms with Crippen LogP contribution in [0.3, 0.4) is 0 Å². The Hall–Kier alpha value is -3.02. The fourth-order valence-corrected chi connectivity index (χ4v) is 2.38.